The Morgan fingerprint density at radius 1 is 1.46 bits per heavy atom. The molecule has 2 heterocycles. The lowest BCUT2D eigenvalue weighted by Gasteiger charge is -1.91. The van der Waals surface area contributed by atoms with Gasteiger partial charge in [-0.3, -0.25) is 4.98 Å². The van der Waals surface area contributed by atoms with E-state index < -0.39 is 0 Å². The SMILES string of the molecule is Cc1nc(-c2cccnc2)sc1Br. The van der Waals surface area contributed by atoms with Crippen LogP contribution in [0.1, 0.15) is 5.69 Å². The van der Waals surface area contributed by atoms with Crippen LogP contribution in [-0.2, 0) is 0 Å². The van der Waals surface area contributed by atoms with Crippen molar-refractivity contribution in [3.63, 3.8) is 0 Å². The van der Waals surface area contributed by atoms with Crippen molar-refractivity contribution in [3.05, 3.63) is 34.0 Å². The van der Waals surface area contributed by atoms with Crippen molar-refractivity contribution in [2.75, 3.05) is 0 Å². The zero-order valence-corrected chi connectivity index (χ0v) is 9.39. The maximum Gasteiger partial charge on any atom is 0.126 e. The molecule has 0 atom stereocenters. The summed E-state index contributed by atoms with van der Waals surface area (Å²) >= 11 is 5.08. The quantitative estimate of drug-likeness (QED) is 0.781. The summed E-state index contributed by atoms with van der Waals surface area (Å²) in [7, 11) is 0. The summed E-state index contributed by atoms with van der Waals surface area (Å²) in [6.07, 6.45) is 3.59. The number of pyridine rings is 1. The average Bonchev–Trinajstić information content (AvgIpc) is 2.49. The highest BCUT2D eigenvalue weighted by Crippen LogP contribution is 2.30. The van der Waals surface area contributed by atoms with E-state index in [0.29, 0.717) is 0 Å². The van der Waals surface area contributed by atoms with Gasteiger partial charge in [0, 0.05) is 18.0 Å². The Labute approximate surface area is 88.8 Å². The van der Waals surface area contributed by atoms with Gasteiger partial charge in [-0.05, 0) is 35.0 Å². The van der Waals surface area contributed by atoms with E-state index in [1.54, 1.807) is 17.5 Å². The van der Waals surface area contributed by atoms with E-state index in [4.69, 9.17) is 0 Å². The van der Waals surface area contributed by atoms with Gasteiger partial charge in [0.15, 0.2) is 0 Å². The molecule has 0 aromatic carbocycles. The van der Waals surface area contributed by atoms with Crippen molar-refractivity contribution in [2.45, 2.75) is 6.92 Å². The fourth-order valence-electron chi connectivity index (χ4n) is 0.991. The van der Waals surface area contributed by atoms with Crippen LogP contribution < -0.4 is 0 Å². The van der Waals surface area contributed by atoms with Gasteiger partial charge < -0.3 is 0 Å². The molecule has 0 N–H and O–H groups in total. The number of aryl methyl sites for hydroxylation is 1. The highest BCUT2D eigenvalue weighted by Gasteiger charge is 2.06. The maximum atomic E-state index is 4.41. The van der Waals surface area contributed by atoms with Crippen molar-refractivity contribution in [1.29, 1.82) is 0 Å². The van der Waals surface area contributed by atoms with Gasteiger partial charge >= 0.3 is 0 Å². The second-order valence-corrected chi connectivity index (χ2v) is 4.94. The first-order chi connectivity index (χ1) is 6.27. The van der Waals surface area contributed by atoms with Crippen LogP contribution in [0.5, 0.6) is 0 Å². The Morgan fingerprint density at radius 2 is 2.31 bits per heavy atom. The molecule has 0 spiro atoms. The minimum Gasteiger partial charge on any atom is -0.264 e. The van der Waals surface area contributed by atoms with Crippen molar-refractivity contribution in [3.8, 4) is 10.6 Å². The number of rotatable bonds is 1. The van der Waals surface area contributed by atoms with E-state index in [0.717, 1.165) is 20.1 Å². The molecule has 0 unspecified atom stereocenters. The maximum absolute atomic E-state index is 4.41. The predicted molar refractivity (Wildman–Crippen MR) is 57.8 cm³/mol. The second-order valence-electron chi connectivity index (χ2n) is 2.62. The molecule has 0 saturated carbocycles. The molecule has 2 aromatic heterocycles. The summed E-state index contributed by atoms with van der Waals surface area (Å²) in [6, 6.07) is 3.93. The Balaban J connectivity index is 2.48. The van der Waals surface area contributed by atoms with E-state index in [-0.39, 0.29) is 0 Å². The molecule has 0 bridgehead atoms. The molecule has 0 saturated heterocycles. The van der Waals surface area contributed by atoms with Gasteiger partial charge in [0.1, 0.15) is 5.01 Å². The lowest BCUT2D eigenvalue weighted by molar-refractivity contribution is 1.24. The molecule has 0 aliphatic rings. The van der Waals surface area contributed by atoms with E-state index in [9.17, 15) is 0 Å². The van der Waals surface area contributed by atoms with Crippen LogP contribution in [0, 0.1) is 6.92 Å². The van der Waals surface area contributed by atoms with Crippen molar-refractivity contribution < 1.29 is 0 Å². The number of nitrogens with zero attached hydrogens (tertiary/aromatic N) is 2. The molecular weight excluding hydrogens is 248 g/mol. The zero-order chi connectivity index (χ0) is 9.26. The Morgan fingerprint density at radius 3 is 2.85 bits per heavy atom. The van der Waals surface area contributed by atoms with Crippen LogP contribution in [0.15, 0.2) is 28.3 Å². The van der Waals surface area contributed by atoms with Crippen LogP contribution in [0.25, 0.3) is 10.6 Å². The van der Waals surface area contributed by atoms with Gasteiger partial charge in [0.25, 0.3) is 0 Å². The smallest absolute Gasteiger partial charge is 0.126 e. The Bertz CT molecular complexity index is 391. The molecule has 2 nitrogen and oxygen atoms in total. The van der Waals surface area contributed by atoms with E-state index >= 15 is 0 Å². The van der Waals surface area contributed by atoms with E-state index in [1.165, 1.54) is 0 Å². The van der Waals surface area contributed by atoms with Gasteiger partial charge in [-0.2, -0.15) is 0 Å². The fourth-order valence-corrected chi connectivity index (χ4v) is 2.32. The van der Waals surface area contributed by atoms with Gasteiger partial charge in [-0.1, -0.05) is 0 Å². The monoisotopic (exact) mass is 254 g/mol. The van der Waals surface area contributed by atoms with Gasteiger partial charge in [-0.25, -0.2) is 4.98 Å². The summed E-state index contributed by atoms with van der Waals surface area (Å²) < 4.78 is 1.09. The van der Waals surface area contributed by atoms with Crippen molar-refractivity contribution in [2.24, 2.45) is 0 Å². The van der Waals surface area contributed by atoms with Crippen LogP contribution in [0.3, 0.4) is 0 Å². The number of thiazole rings is 1. The Hall–Kier alpha value is -0.740. The van der Waals surface area contributed by atoms with Gasteiger partial charge in [-0.15, -0.1) is 11.3 Å². The van der Waals surface area contributed by atoms with Crippen LogP contribution in [0.2, 0.25) is 0 Å². The summed E-state index contributed by atoms with van der Waals surface area (Å²) in [6.45, 7) is 1.99. The fraction of sp³-hybridized carbons (Fsp3) is 0.111. The summed E-state index contributed by atoms with van der Waals surface area (Å²) in [5, 5.41) is 1.01. The number of halogens is 1. The standard InChI is InChI=1S/C9H7BrN2S/c1-6-8(10)13-9(12-6)7-3-2-4-11-5-7/h2-5H,1H3. The third-order valence-corrected chi connectivity index (χ3v) is 3.70. The van der Waals surface area contributed by atoms with Crippen LogP contribution >= 0.6 is 27.3 Å². The van der Waals surface area contributed by atoms with Crippen molar-refractivity contribution >= 4 is 27.3 Å². The first-order valence-electron chi connectivity index (χ1n) is 3.80. The number of hydrogen-bond donors (Lipinski definition) is 0. The molecule has 2 aromatic rings. The van der Waals surface area contributed by atoms with Gasteiger partial charge in [0.2, 0.25) is 0 Å². The largest absolute Gasteiger partial charge is 0.264 e. The molecule has 2 rings (SSSR count). The number of hydrogen-bond acceptors (Lipinski definition) is 3. The third-order valence-electron chi connectivity index (χ3n) is 1.65. The highest BCUT2D eigenvalue weighted by atomic mass is 79.9. The molecule has 66 valence electrons. The van der Waals surface area contributed by atoms with Crippen LogP contribution in [0.4, 0.5) is 0 Å². The molecule has 0 radical (unpaired) electrons. The first-order valence-corrected chi connectivity index (χ1v) is 5.41. The lowest BCUT2D eigenvalue weighted by Crippen LogP contribution is -1.77. The van der Waals surface area contributed by atoms with Crippen LogP contribution in [-0.4, -0.2) is 9.97 Å². The zero-order valence-electron chi connectivity index (χ0n) is 6.99. The molecule has 13 heavy (non-hydrogen) atoms. The van der Waals surface area contributed by atoms with Gasteiger partial charge in [0.05, 0.1) is 9.48 Å². The van der Waals surface area contributed by atoms with E-state index in [2.05, 4.69) is 25.9 Å². The third kappa shape index (κ3) is 1.78. The predicted octanol–water partition coefficient (Wildman–Crippen LogP) is 3.28. The molecule has 0 aliphatic carbocycles. The minimum atomic E-state index is 1.01. The van der Waals surface area contributed by atoms with E-state index in [1.807, 2.05) is 25.3 Å². The first kappa shape index (κ1) is 8.84. The van der Waals surface area contributed by atoms with Crippen molar-refractivity contribution in [1.82, 2.24) is 9.97 Å². The Kier molecular flexibility index (Phi) is 2.42. The topological polar surface area (TPSA) is 25.8 Å². The normalized spacial score (nSPS) is 10.3. The minimum absolute atomic E-state index is 1.01. The second kappa shape index (κ2) is 3.55. The number of aromatic nitrogens is 2. The summed E-state index contributed by atoms with van der Waals surface area (Å²) in [5.41, 5.74) is 2.10. The molecule has 0 fully saturated rings. The summed E-state index contributed by atoms with van der Waals surface area (Å²) in [4.78, 5) is 8.46. The average molecular weight is 255 g/mol. The molecule has 0 aliphatic heterocycles. The molecule has 0 amide bonds. The molecular formula is C9H7BrN2S. The molecule has 4 heteroatoms. The summed E-state index contributed by atoms with van der Waals surface area (Å²) in [5.74, 6) is 0. The lowest BCUT2D eigenvalue weighted by atomic mass is 10.3. The highest BCUT2D eigenvalue weighted by molar-refractivity contribution is 9.11.